The van der Waals surface area contributed by atoms with Crippen molar-refractivity contribution in [2.75, 3.05) is 31.9 Å². The maximum atomic E-state index is 5.49. The van der Waals surface area contributed by atoms with E-state index in [0.717, 1.165) is 55.4 Å². The van der Waals surface area contributed by atoms with Gasteiger partial charge in [-0.25, -0.2) is 0 Å². The molecule has 0 unspecified atom stereocenters. The number of ether oxygens (including phenoxy) is 3. The van der Waals surface area contributed by atoms with E-state index in [1.54, 1.807) is 13.3 Å². The molecule has 2 aromatic rings. The number of anilines is 1. The second-order valence-electron chi connectivity index (χ2n) is 6.28. The average Bonchev–Trinajstić information content (AvgIpc) is 3.15. The van der Waals surface area contributed by atoms with Gasteiger partial charge in [-0.1, -0.05) is 0 Å². The minimum atomic E-state index is 0.248. The van der Waals surface area contributed by atoms with Crippen LogP contribution < -0.4 is 24.4 Å². The molecule has 1 fully saturated rings. The molecule has 1 aromatic carbocycles. The zero-order valence-corrected chi connectivity index (χ0v) is 14.3. The Morgan fingerprint density at radius 2 is 2.32 bits per heavy atom. The van der Waals surface area contributed by atoms with Gasteiger partial charge in [-0.05, 0) is 42.7 Å². The van der Waals surface area contributed by atoms with Gasteiger partial charge in [0.1, 0.15) is 0 Å². The number of piperidine rings is 1. The standard InChI is InChI=1S/C18H22N4O3/c1-23-15-8-13(9-16-18(15)25-12-24-16)10-19-14-4-3-7-22(11-14)17-5-2-6-20-21-17/h2,5-6,8-9,14,19H,3-4,7,10-12H2,1H3/t14-/m0/s1. The average molecular weight is 342 g/mol. The highest BCUT2D eigenvalue weighted by Gasteiger charge is 2.22. The van der Waals surface area contributed by atoms with Crippen molar-refractivity contribution < 1.29 is 14.2 Å². The number of hydrogen-bond acceptors (Lipinski definition) is 7. The number of fused-ring (bicyclic) bond motifs is 1. The van der Waals surface area contributed by atoms with Crippen LogP contribution in [-0.4, -0.2) is 43.2 Å². The summed E-state index contributed by atoms with van der Waals surface area (Å²) < 4.78 is 16.3. The van der Waals surface area contributed by atoms with E-state index in [9.17, 15) is 0 Å². The topological polar surface area (TPSA) is 68.7 Å². The molecule has 7 heteroatoms. The molecule has 0 radical (unpaired) electrons. The van der Waals surface area contributed by atoms with Crippen LogP contribution in [0.2, 0.25) is 0 Å². The lowest BCUT2D eigenvalue weighted by Gasteiger charge is -2.33. The van der Waals surface area contributed by atoms with Crippen molar-refractivity contribution in [3.63, 3.8) is 0 Å². The molecule has 0 saturated carbocycles. The Bertz CT molecular complexity index is 726. The number of methoxy groups -OCH3 is 1. The Hall–Kier alpha value is -2.54. The van der Waals surface area contributed by atoms with Gasteiger partial charge >= 0.3 is 0 Å². The van der Waals surface area contributed by atoms with E-state index in [1.165, 1.54) is 0 Å². The summed E-state index contributed by atoms with van der Waals surface area (Å²) in [4.78, 5) is 2.29. The maximum Gasteiger partial charge on any atom is 0.231 e. The van der Waals surface area contributed by atoms with Crippen LogP contribution in [0.4, 0.5) is 5.82 Å². The summed E-state index contributed by atoms with van der Waals surface area (Å²) in [6.07, 6.45) is 3.99. The van der Waals surface area contributed by atoms with Crippen LogP contribution in [0.25, 0.3) is 0 Å². The molecular weight excluding hydrogens is 320 g/mol. The Labute approximate surface area is 146 Å². The van der Waals surface area contributed by atoms with Gasteiger partial charge in [0.2, 0.25) is 12.5 Å². The molecule has 1 saturated heterocycles. The number of aromatic nitrogens is 2. The molecule has 2 aliphatic rings. The highest BCUT2D eigenvalue weighted by Crippen LogP contribution is 2.41. The van der Waals surface area contributed by atoms with Crippen LogP contribution in [0.15, 0.2) is 30.5 Å². The van der Waals surface area contributed by atoms with E-state index in [-0.39, 0.29) is 6.79 Å². The summed E-state index contributed by atoms with van der Waals surface area (Å²) in [5.41, 5.74) is 1.12. The Balaban J connectivity index is 1.40. The maximum absolute atomic E-state index is 5.49. The van der Waals surface area contributed by atoms with Gasteiger partial charge in [-0.15, -0.1) is 5.10 Å². The minimum Gasteiger partial charge on any atom is -0.493 e. The summed E-state index contributed by atoms with van der Waals surface area (Å²) in [5, 5.41) is 11.8. The Morgan fingerprint density at radius 3 is 3.16 bits per heavy atom. The number of nitrogens with zero attached hydrogens (tertiary/aromatic N) is 3. The van der Waals surface area contributed by atoms with Gasteiger partial charge in [0.05, 0.1) is 7.11 Å². The normalized spacial score (nSPS) is 19.1. The highest BCUT2D eigenvalue weighted by atomic mass is 16.7. The van der Waals surface area contributed by atoms with Crippen LogP contribution in [0.3, 0.4) is 0 Å². The zero-order chi connectivity index (χ0) is 17.1. The fourth-order valence-corrected chi connectivity index (χ4v) is 3.36. The first-order chi connectivity index (χ1) is 12.3. The summed E-state index contributed by atoms with van der Waals surface area (Å²) in [6, 6.07) is 8.37. The predicted octanol–water partition coefficient (Wildman–Crippen LogP) is 1.97. The van der Waals surface area contributed by atoms with Gasteiger partial charge < -0.3 is 24.4 Å². The van der Waals surface area contributed by atoms with Crippen molar-refractivity contribution in [3.8, 4) is 17.2 Å². The summed E-state index contributed by atoms with van der Waals surface area (Å²) in [7, 11) is 1.65. The van der Waals surface area contributed by atoms with Crippen molar-refractivity contribution in [1.29, 1.82) is 0 Å². The number of hydrogen-bond donors (Lipinski definition) is 1. The van der Waals surface area contributed by atoms with E-state index < -0.39 is 0 Å². The summed E-state index contributed by atoms with van der Waals surface area (Å²) in [5.74, 6) is 3.11. The highest BCUT2D eigenvalue weighted by molar-refractivity contribution is 5.55. The van der Waals surface area contributed by atoms with Crippen molar-refractivity contribution in [3.05, 3.63) is 36.0 Å². The van der Waals surface area contributed by atoms with Crippen LogP contribution in [0.1, 0.15) is 18.4 Å². The fraction of sp³-hybridized carbons (Fsp3) is 0.444. The van der Waals surface area contributed by atoms with Crippen molar-refractivity contribution in [2.24, 2.45) is 0 Å². The molecule has 25 heavy (non-hydrogen) atoms. The first-order valence-electron chi connectivity index (χ1n) is 8.56. The molecule has 1 aromatic heterocycles. The minimum absolute atomic E-state index is 0.248. The number of nitrogens with one attached hydrogen (secondary N) is 1. The lowest BCUT2D eigenvalue weighted by atomic mass is 10.0. The molecule has 7 nitrogen and oxygen atoms in total. The van der Waals surface area contributed by atoms with Crippen LogP contribution in [0.5, 0.6) is 17.2 Å². The first kappa shape index (κ1) is 16.0. The van der Waals surface area contributed by atoms with Crippen LogP contribution in [-0.2, 0) is 6.54 Å². The van der Waals surface area contributed by atoms with Crippen molar-refractivity contribution in [2.45, 2.75) is 25.4 Å². The van der Waals surface area contributed by atoms with E-state index in [4.69, 9.17) is 14.2 Å². The summed E-state index contributed by atoms with van der Waals surface area (Å²) in [6.45, 7) is 2.96. The van der Waals surface area contributed by atoms with Gasteiger partial charge in [0.15, 0.2) is 17.3 Å². The molecule has 0 aliphatic carbocycles. The lowest BCUT2D eigenvalue weighted by molar-refractivity contribution is 0.171. The van der Waals surface area contributed by atoms with Crippen LogP contribution in [0, 0.1) is 0 Å². The quantitative estimate of drug-likeness (QED) is 0.891. The molecule has 0 spiro atoms. The smallest absolute Gasteiger partial charge is 0.231 e. The fourth-order valence-electron chi connectivity index (χ4n) is 3.36. The van der Waals surface area contributed by atoms with Gasteiger partial charge in [0, 0.05) is 31.9 Å². The third-order valence-corrected chi connectivity index (χ3v) is 4.62. The van der Waals surface area contributed by atoms with E-state index in [1.807, 2.05) is 24.3 Å². The largest absolute Gasteiger partial charge is 0.493 e. The van der Waals surface area contributed by atoms with Gasteiger partial charge in [0.25, 0.3) is 0 Å². The van der Waals surface area contributed by atoms with E-state index in [0.29, 0.717) is 11.8 Å². The predicted molar refractivity (Wildman–Crippen MR) is 93.2 cm³/mol. The Morgan fingerprint density at radius 1 is 1.36 bits per heavy atom. The van der Waals surface area contributed by atoms with E-state index in [2.05, 4.69) is 20.4 Å². The molecule has 2 aliphatic heterocycles. The third kappa shape index (κ3) is 3.46. The third-order valence-electron chi connectivity index (χ3n) is 4.62. The second-order valence-corrected chi connectivity index (χ2v) is 6.28. The molecule has 4 rings (SSSR count). The molecule has 1 atom stereocenters. The molecule has 1 N–H and O–H groups in total. The lowest BCUT2D eigenvalue weighted by Crippen LogP contribution is -2.45. The van der Waals surface area contributed by atoms with Crippen molar-refractivity contribution in [1.82, 2.24) is 15.5 Å². The van der Waals surface area contributed by atoms with Gasteiger partial charge in [-0.2, -0.15) is 5.10 Å². The molecule has 3 heterocycles. The first-order valence-corrected chi connectivity index (χ1v) is 8.56. The molecule has 0 amide bonds. The SMILES string of the molecule is COc1cc(CN[C@H]2CCCN(c3cccnn3)C2)cc2c1OCO2. The second kappa shape index (κ2) is 7.14. The van der Waals surface area contributed by atoms with Gasteiger partial charge in [-0.3, -0.25) is 0 Å². The summed E-state index contributed by atoms with van der Waals surface area (Å²) >= 11 is 0. The number of benzene rings is 1. The molecule has 0 bridgehead atoms. The monoisotopic (exact) mass is 342 g/mol. The molecule has 132 valence electrons. The number of rotatable bonds is 5. The zero-order valence-electron chi connectivity index (χ0n) is 14.3. The molecular formula is C18H22N4O3. The van der Waals surface area contributed by atoms with E-state index >= 15 is 0 Å². The van der Waals surface area contributed by atoms with Crippen LogP contribution >= 0.6 is 0 Å². The van der Waals surface area contributed by atoms with Crippen molar-refractivity contribution >= 4 is 5.82 Å². The Kier molecular flexibility index (Phi) is 4.56.